The fourth-order valence-electron chi connectivity index (χ4n) is 2.86. The molecule has 2 aliphatic heterocycles. The number of carbonyl (C=O) groups excluding carboxylic acids is 1. The van der Waals surface area contributed by atoms with E-state index in [1.54, 1.807) is 20.8 Å². The maximum atomic E-state index is 12.4. The Morgan fingerprint density at radius 3 is 2.48 bits per heavy atom. The predicted octanol–water partition coefficient (Wildman–Crippen LogP) is 1.39. The fourth-order valence-corrected chi connectivity index (χ4v) is 2.86. The minimum Gasteiger partial charge on any atom is -0.444 e. The number of hydrogen-bond acceptors (Lipinski definition) is 7. The number of hydrogen-bond donors (Lipinski definition) is 1. The molecule has 21 heavy (non-hydrogen) atoms. The average Bonchev–Trinajstić information content (AvgIpc) is 2.94. The molecule has 8 heteroatoms. The van der Waals surface area contributed by atoms with Crippen LogP contribution < -0.4 is 0 Å². The van der Waals surface area contributed by atoms with Gasteiger partial charge >= 0.3 is 6.09 Å². The lowest BCUT2D eigenvalue weighted by Gasteiger charge is -2.36. The fraction of sp³-hybridized carbons (Fsp3) is 0.923. The number of nitrogens with zero attached hydrogens (tertiary/aromatic N) is 2. The highest BCUT2D eigenvalue weighted by molar-refractivity contribution is 5.69. The van der Waals surface area contributed by atoms with Crippen molar-refractivity contribution in [3.63, 3.8) is 0 Å². The lowest BCUT2D eigenvalue weighted by Crippen LogP contribution is -2.55. The van der Waals surface area contributed by atoms with Crippen LogP contribution >= 0.6 is 0 Å². The molecule has 0 aliphatic carbocycles. The second-order valence-electron chi connectivity index (χ2n) is 6.27. The first-order valence-corrected chi connectivity index (χ1v) is 6.86. The summed E-state index contributed by atoms with van der Waals surface area (Å²) < 4.78 is 22.0. The normalized spacial score (nSPS) is 31.1. The second-order valence-corrected chi connectivity index (χ2v) is 6.27. The van der Waals surface area contributed by atoms with Crippen LogP contribution in [0.2, 0.25) is 0 Å². The van der Waals surface area contributed by atoms with Crippen LogP contribution in [0.25, 0.3) is 0 Å². The van der Waals surface area contributed by atoms with E-state index in [4.69, 9.17) is 24.5 Å². The molecule has 0 radical (unpaired) electrons. The Hall–Kier alpha value is -1.25. The topological polar surface area (TPSA) is 93.4 Å². The van der Waals surface area contributed by atoms with E-state index in [9.17, 15) is 4.79 Å². The molecule has 2 fully saturated rings. The van der Waals surface area contributed by atoms with Gasteiger partial charge in [-0.2, -0.15) is 5.11 Å². The van der Waals surface area contributed by atoms with Gasteiger partial charge in [0.05, 0.1) is 6.54 Å². The summed E-state index contributed by atoms with van der Waals surface area (Å²) in [6.45, 7) is 5.84. The number of ether oxygens (including phenoxy) is 4. The van der Waals surface area contributed by atoms with Gasteiger partial charge < -0.3 is 18.9 Å². The Balaban J connectivity index is 2.28. The van der Waals surface area contributed by atoms with Gasteiger partial charge in [0.25, 0.3) is 0 Å². The maximum absolute atomic E-state index is 12.4. The molecule has 0 aromatic rings. The van der Waals surface area contributed by atoms with Gasteiger partial charge in [0.2, 0.25) is 5.79 Å². The van der Waals surface area contributed by atoms with Crippen molar-refractivity contribution in [3.8, 4) is 0 Å². The van der Waals surface area contributed by atoms with Gasteiger partial charge in [-0.05, 0) is 20.8 Å². The highest BCUT2D eigenvalue weighted by Gasteiger charge is 2.62. The molecule has 0 bridgehead atoms. The zero-order valence-corrected chi connectivity index (χ0v) is 13.1. The van der Waals surface area contributed by atoms with Crippen molar-refractivity contribution >= 4 is 6.09 Å². The van der Waals surface area contributed by atoms with Crippen LogP contribution in [0.5, 0.6) is 0 Å². The number of amides is 1. The molecule has 1 N–H and O–H groups in total. The Morgan fingerprint density at radius 2 is 2.00 bits per heavy atom. The molecule has 0 saturated carbocycles. The van der Waals surface area contributed by atoms with Crippen molar-refractivity contribution in [2.45, 2.75) is 50.3 Å². The van der Waals surface area contributed by atoms with Crippen molar-refractivity contribution in [1.82, 2.24) is 4.90 Å². The van der Waals surface area contributed by atoms with Crippen LogP contribution in [0.3, 0.4) is 0 Å². The summed E-state index contributed by atoms with van der Waals surface area (Å²) in [7, 11) is 3.02. The van der Waals surface area contributed by atoms with Crippen LogP contribution in [0.1, 0.15) is 20.8 Å². The molecule has 120 valence electrons. The van der Waals surface area contributed by atoms with Crippen molar-refractivity contribution in [1.29, 1.82) is 5.53 Å². The summed E-state index contributed by atoms with van der Waals surface area (Å²) in [6.07, 6.45) is -0.900. The smallest absolute Gasteiger partial charge is 0.410 e. The summed E-state index contributed by atoms with van der Waals surface area (Å²) in [5.41, 5.74) is 6.68. The summed E-state index contributed by atoms with van der Waals surface area (Å²) in [6, 6.07) is -0.920. The molecule has 0 aromatic heterocycles. The summed E-state index contributed by atoms with van der Waals surface area (Å²) in [5.74, 6) is -1.05. The first-order valence-electron chi connectivity index (χ1n) is 6.86. The van der Waals surface area contributed by atoms with Gasteiger partial charge in [-0.25, -0.2) is 10.3 Å². The molecule has 3 atom stereocenters. The molecular formula is C13H23N3O5. The monoisotopic (exact) mass is 301 g/mol. The zero-order valence-electron chi connectivity index (χ0n) is 13.1. The van der Waals surface area contributed by atoms with Crippen molar-refractivity contribution in [2.75, 3.05) is 27.4 Å². The minimum absolute atomic E-state index is 0.181. The molecule has 2 saturated heterocycles. The van der Waals surface area contributed by atoms with Gasteiger partial charge in [0.1, 0.15) is 30.4 Å². The van der Waals surface area contributed by atoms with Crippen LogP contribution in [0.15, 0.2) is 5.11 Å². The molecule has 2 heterocycles. The molecule has 0 aromatic carbocycles. The summed E-state index contributed by atoms with van der Waals surface area (Å²) in [5, 5.41) is 3.56. The number of rotatable bonds is 3. The standard InChI is InChI=1S/C13H23N3O5/c1-12(2,3)21-11(17)16-6-8(15-14)9-10(16)13(18-4,19-5)7-20-9/h8-10,14H,6-7H2,1-5H3/t8?,9-,10+/m1/s1. The first-order chi connectivity index (χ1) is 9.78. The van der Waals surface area contributed by atoms with E-state index in [2.05, 4.69) is 5.11 Å². The van der Waals surface area contributed by atoms with Crippen molar-refractivity contribution in [2.24, 2.45) is 5.11 Å². The number of methoxy groups -OCH3 is 2. The number of carbonyl (C=O) groups is 1. The molecule has 8 nitrogen and oxygen atoms in total. The van der Waals surface area contributed by atoms with Crippen molar-refractivity contribution < 1.29 is 23.7 Å². The molecule has 2 rings (SSSR count). The van der Waals surface area contributed by atoms with Crippen molar-refractivity contribution in [3.05, 3.63) is 0 Å². The predicted molar refractivity (Wildman–Crippen MR) is 72.2 cm³/mol. The molecule has 1 amide bonds. The SMILES string of the molecule is COC1(OC)CO[C@@H]2C(N=N)CN(C(=O)OC(C)(C)C)[C@@H]21. The first kappa shape index (κ1) is 16.1. The van der Waals surface area contributed by atoms with Crippen LogP contribution in [0.4, 0.5) is 4.79 Å². The Bertz CT molecular complexity index is 419. The van der Waals surface area contributed by atoms with Crippen LogP contribution in [-0.2, 0) is 18.9 Å². The van der Waals surface area contributed by atoms with Crippen LogP contribution in [0, 0.1) is 5.53 Å². The van der Waals surface area contributed by atoms with E-state index in [1.165, 1.54) is 19.1 Å². The summed E-state index contributed by atoms with van der Waals surface area (Å²) in [4.78, 5) is 13.9. The van der Waals surface area contributed by atoms with Gasteiger partial charge in [-0.1, -0.05) is 0 Å². The minimum atomic E-state index is -1.05. The molecular weight excluding hydrogens is 278 g/mol. The number of fused-ring (bicyclic) bond motifs is 1. The lowest BCUT2D eigenvalue weighted by atomic mass is 10.0. The highest BCUT2D eigenvalue weighted by Crippen LogP contribution is 2.40. The Morgan fingerprint density at radius 1 is 1.38 bits per heavy atom. The number of nitrogens with one attached hydrogen (secondary N) is 1. The third-order valence-corrected chi connectivity index (χ3v) is 3.82. The number of likely N-dealkylation sites (tertiary alicyclic amines) is 1. The summed E-state index contributed by atoms with van der Waals surface area (Å²) >= 11 is 0. The largest absolute Gasteiger partial charge is 0.444 e. The quantitative estimate of drug-likeness (QED) is 0.628. The average molecular weight is 301 g/mol. The van der Waals surface area contributed by atoms with E-state index < -0.39 is 35.7 Å². The van der Waals surface area contributed by atoms with Gasteiger partial charge in [0, 0.05) is 14.2 Å². The van der Waals surface area contributed by atoms with E-state index in [-0.39, 0.29) is 13.2 Å². The highest BCUT2D eigenvalue weighted by atomic mass is 16.7. The van der Waals surface area contributed by atoms with Crippen LogP contribution in [-0.4, -0.2) is 67.9 Å². The van der Waals surface area contributed by atoms with E-state index in [0.717, 1.165) is 0 Å². The third kappa shape index (κ3) is 2.75. The van der Waals surface area contributed by atoms with Gasteiger partial charge in [-0.15, -0.1) is 0 Å². The molecule has 2 aliphatic rings. The molecule has 0 spiro atoms. The zero-order chi connectivity index (χ0) is 15.8. The Kier molecular flexibility index (Phi) is 4.23. The maximum Gasteiger partial charge on any atom is 0.410 e. The second kappa shape index (κ2) is 5.51. The van der Waals surface area contributed by atoms with E-state index in [1.807, 2.05) is 0 Å². The van der Waals surface area contributed by atoms with E-state index in [0.29, 0.717) is 0 Å². The lowest BCUT2D eigenvalue weighted by molar-refractivity contribution is -0.224. The molecule has 1 unspecified atom stereocenters. The Labute approximate surface area is 124 Å². The van der Waals surface area contributed by atoms with E-state index >= 15 is 0 Å². The van der Waals surface area contributed by atoms with Gasteiger partial charge in [-0.3, -0.25) is 4.90 Å². The third-order valence-electron chi connectivity index (χ3n) is 3.82. The van der Waals surface area contributed by atoms with Gasteiger partial charge in [0.15, 0.2) is 0 Å².